The van der Waals surface area contributed by atoms with E-state index < -0.39 is 82.0 Å². The summed E-state index contributed by atoms with van der Waals surface area (Å²) in [5, 5.41) is 16.2. The van der Waals surface area contributed by atoms with Gasteiger partial charge in [0, 0.05) is 55.7 Å². The molecule has 14 nitrogen and oxygen atoms in total. The number of aliphatic carboxylic acids is 1. The maximum Gasteiger partial charge on any atom is 0.410 e. The molecule has 0 saturated carbocycles. The van der Waals surface area contributed by atoms with Crippen molar-refractivity contribution in [3.05, 3.63) is 47.7 Å². The van der Waals surface area contributed by atoms with Crippen LogP contribution in [0.15, 0.2) is 42.1 Å². The Morgan fingerprint density at radius 1 is 0.845 bits per heavy atom. The van der Waals surface area contributed by atoms with Crippen LogP contribution in [0.3, 0.4) is 0 Å². The summed E-state index contributed by atoms with van der Waals surface area (Å²) >= 11 is 0. The topological polar surface area (TPSA) is 177 Å². The predicted molar refractivity (Wildman–Crippen MR) is 225 cm³/mol. The smallest absolute Gasteiger partial charge is 0.410 e. The highest BCUT2D eigenvalue weighted by atomic mass is 16.6. The molecule has 3 N–H and O–H groups in total. The molecule has 0 aliphatic carbocycles. The fourth-order valence-electron chi connectivity index (χ4n) is 6.92. The number of benzene rings is 1. The molecule has 0 aliphatic rings. The molecule has 1 aromatic carbocycles. The van der Waals surface area contributed by atoms with E-state index >= 15 is 0 Å². The number of esters is 1. The molecule has 324 valence electrons. The molecule has 1 heterocycles. The first kappa shape index (κ1) is 49.3. The van der Waals surface area contributed by atoms with Crippen LogP contribution in [0.1, 0.15) is 115 Å². The molecule has 1 unspecified atom stereocenters. The van der Waals surface area contributed by atoms with E-state index in [1.807, 2.05) is 90.5 Å². The normalized spacial score (nSPS) is 14.9. The molecule has 4 atom stereocenters. The molecule has 2 aromatic rings. The summed E-state index contributed by atoms with van der Waals surface area (Å²) in [7, 11) is 5.02. The SMILES string of the molecule is C/C(=C\[C@H](C(C)C)N(C)C(=O)C(NC(=O)[C@@H](N(C)C(=O)OC(C)(C)C)C(C)(C)c1cn(C)c2ccccc12)C(C)(C)C)C(=O)N[C@@H](CCC(=O)OC(C)(C)C)C(=O)O. The van der Waals surface area contributed by atoms with Gasteiger partial charge in [-0.25, -0.2) is 9.59 Å². The van der Waals surface area contributed by atoms with Crippen molar-refractivity contribution >= 4 is 46.7 Å². The minimum absolute atomic E-state index is 0.161. The number of rotatable bonds is 15. The molecular formula is C44H69N5O9. The highest BCUT2D eigenvalue weighted by Crippen LogP contribution is 2.37. The van der Waals surface area contributed by atoms with Crippen LogP contribution in [0.25, 0.3) is 10.9 Å². The van der Waals surface area contributed by atoms with E-state index in [4.69, 9.17) is 9.47 Å². The minimum atomic E-state index is -1.36. The number of fused-ring (bicyclic) bond motifs is 1. The molecule has 1 aromatic heterocycles. The lowest BCUT2D eigenvalue weighted by molar-refractivity contribution is -0.155. The largest absolute Gasteiger partial charge is 0.480 e. The van der Waals surface area contributed by atoms with E-state index in [2.05, 4.69) is 10.6 Å². The first-order valence-electron chi connectivity index (χ1n) is 19.8. The van der Waals surface area contributed by atoms with Gasteiger partial charge in [0.15, 0.2) is 0 Å². The van der Waals surface area contributed by atoms with Gasteiger partial charge in [0.2, 0.25) is 17.7 Å². The van der Waals surface area contributed by atoms with Crippen molar-refractivity contribution in [1.82, 2.24) is 25.0 Å². The van der Waals surface area contributed by atoms with Crippen LogP contribution >= 0.6 is 0 Å². The number of nitrogens with one attached hydrogen (secondary N) is 2. The van der Waals surface area contributed by atoms with Crippen molar-refractivity contribution in [2.75, 3.05) is 14.1 Å². The minimum Gasteiger partial charge on any atom is -0.480 e. The van der Waals surface area contributed by atoms with Gasteiger partial charge in [0.1, 0.15) is 29.3 Å². The van der Waals surface area contributed by atoms with Crippen molar-refractivity contribution in [2.24, 2.45) is 18.4 Å². The van der Waals surface area contributed by atoms with Gasteiger partial charge < -0.3 is 34.7 Å². The number of ether oxygens (including phenoxy) is 2. The molecular weight excluding hydrogens is 743 g/mol. The Bertz CT molecular complexity index is 1860. The van der Waals surface area contributed by atoms with Crippen LogP contribution in [0.2, 0.25) is 0 Å². The van der Waals surface area contributed by atoms with Crippen molar-refractivity contribution < 1.29 is 43.3 Å². The van der Waals surface area contributed by atoms with Crippen LogP contribution in [-0.2, 0) is 45.9 Å². The quantitative estimate of drug-likeness (QED) is 0.137. The molecule has 0 fully saturated rings. The van der Waals surface area contributed by atoms with Gasteiger partial charge in [-0.3, -0.25) is 24.1 Å². The third-order valence-corrected chi connectivity index (χ3v) is 9.91. The number of para-hydroxylation sites is 1. The van der Waals surface area contributed by atoms with Crippen LogP contribution in [0, 0.1) is 11.3 Å². The first-order valence-corrected chi connectivity index (χ1v) is 19.8. The van der Waals surface area contributed by atoms with Gasteiger partial charge in [0.05, 0.1) is 6.04 Å². The molecule has 0 saturated heterocycles. The third-order valence-electron chi connectivity index (χ3n) is 9.91. The van der Waals surface area contributed by atoms with Gasteiger partial charge >= 0.3 is 18.0 Å². The van der Waals surface area contributed by atoms with Crippen molar-refractivity contribution in [2.45, 2.75) is 151 Å². The second kappa shape index (κ2) is 18.8. The van der Waals surface area contributed by atoms with Crippen molar-refractivity contribution in [3.63, 3.8) is 0 Å². The second-order valence-corrected chi connectivity index (χ2v) is 19.2. The molecule has 4 amide bonds. The Hall–Kier alpha value is -4.88. The number of aromatic nitrogens is 1. The second-order valence-electron chi connectivity index (χ2n) is 19.2. The van der Waals surface area contributed by atoms with Gasteiger partial charge in [0.25, 0.3) is 0 Å². The number of amides is 4. The summed E-state index contributed by atoms with van der Waals surface area (Å²) in [6.45, 7) is 24.9. The number of aryl methyl sites for hydroxylation is 1. The Morgan fingerprint density at radius 3 is 1.90 bits per heavy atom. The van der Waals surface area contributed by atoms with E-state index in [9.17, 15) is 33.9 Å². The Balaban J connectivity index is 2.51. The highest BCUT2D eigenvalue weighted by Gasteiger charge is 2.47. The van der Waals surface area contributed by atoms with E-state index in [-0.39, 0.29) is 24.3 Å². The third kappa shape index (κ3) is 13.1. The highest BCUT2D eigenvalue weighted by molar-refractivity contribution is 5.96. The Labute approximate surface area is 345 Å². The number of nitrogens with zero attached hydrogens (tertiary/aromatic N) is 3. The number of hydrogen-bond donors (Lipinski definition) is 3. The predicted octanol–water partition coefficient (Wildman–Crippen LogP) is 6.34. The first-order chi connectivity index (χ1) is 26.3. The van der Waals surface area contributed by atoms with Crippen LogP contribution in [0.4, 0.5) is 4.79 Å². The zero-order valence-corrected chi connectivity index (χ0v) is 37.8. The molecule has 14 heteroatoms. The average molecular weight is 812 g/mol. The van der Waals surface area contributed by atoms with Gasteiger partial charge in [-0.15, -0.1) is 0 Å². The number of carboxylic acids is 1. The molecule has 0 radical (unpaired) electrons. The zero-order valence-electron chi connectivity index (χ0n) is 37.8. The summed E-state index contributed by atoms with van der Waals surface area (Å²) < 4.78 is 13.0. The lowest BCUT2D eigenvalue weighted by Crippen LogP contribution is -2.63. The number of carboxylic acid groups (broad SMARTS) is 1. The lowest BCUT2D eigenvalue weighted by atomic mass is 9.76. The fraction of sp³-hybridized carbons (Fsp3) is 0.636. The summed E-state index contributed by atoms with van der Waals surface area (Å²) in [6, 6.07) is 3.56. The van der Waals surface area contributed by atoms with Crippen molar-refractivity contribution in [3.8, 4) is 0 Å². The van der Waals surface area contributed by atoms with Crippen molar-refractivity contribution in [1.29, 1.82) is 0 Å². The maximum atomic E-state index is 14.8. The summed E-state index contributed by atoms with van der Waals surface area (Å²) in [5.41, 5.74) is -1.46. The fourth-order valence-corrected chi connectivity index (χ4v) is 6.92. The van der Waals surface area contributed by atoms with Crippen LogP contribution in [0.5, 0.6) is 0 Å². The Kier molecular flexibility index (Phi) is 16.0. The monoisotopic (exact) mass is 812 g/mol. The number of likely N-dealkylation sites (N-methyl/N-ethyl adjacent to an activating group) is 2. The van der Waals surface area contributed by atoms with E-state index in [1.54, 1.807) is 54.7 Å². The maximum absolute atomic E-state index is 14.8. The van der Waals surface area contributed by atoms with Gasteiger partial charge in [-0.05, 0) is 77.8 Å². The molecule has 0 spiro atoms. The molecule has 0 aliphatic heterocycles. The summed E-state index contributed by atoms with van der Waals surface area (Å²) in [6.07, 6.45) is 2.45. The molecule has 0 bridgehead atoms. The van der Waals surface area contributed by atoms with Gasteiger partial charge in [-0.2, -0.15) is 0 Å². The molecule has 58 heavy (non-hydrogen) atoms. The van der Waals surface area contributed by atoms with Crippen LogP contribution < -0.4 is 10.6 Å². The van der Waals surface area contributed by atoms with Gasteiger partial charge in [-0.1, -0.05) is 72.7 Å². The average Bonchev–Trinajstić information content (AvgIpc) is 3.41. The summed E-state index contributed by atoms with van der Waals surface area (Å²) in [5.74, 6) is -3.78. The van der Waals surface area contributed by atoms with E-state index in [0.29, 0.717) is 0 Å². The zero-order chi connectivity index (χ0) is 44.9. The summed E-state index contributed by atoms with van der Waals surface area (Å²) in [4.78, 5) is 83.4. The number of carbonyl (C=O) groups excluding carboxylic acids is 5. The standard InChI is InChI=1S/C44H69N5O9/c1-26(2)32(24-27(3)36(51)45-30(39(54)55)22-23-33(50)57-42(7,8)9)48(16)38(53)34(41(4,5)6)46-37(52)35(49(17)40(56)58-43(10,11)12)44(13,14)29-25-47(15)31-21-19-18-20-28(29)31/h18-21,24-26,30,32,34-35H,22-23H2,1-17H3,(H,45,51)(H,46,52)(H,54,55)/b27-24+/t30-,32+,34?,35+/m0/s1. The lowest BCUT2D eigenvalue weighted by Gasteiger charge is -2.42. The molecule has 2 rings (SSSR count). The number of hydrogen-bond acceptors (Lipinski definition) is 8. The van der Waals surface area contributed by atoms with E-state index in [0.717, 1.165) is 16.5 Å². The number of carbonyl (C=O) groups is 6. The van der Waals surface area contributed by atoms with Crippen LogP contribution in [-0.4, -0.2) is 105 Å². The van der Waals surface area contributed by atoms with E-state index in [1.165, 1.54) is 23.8 Å². The Morgan fingerprint density at radius 2 is 1.40 bits per heavy atom.